The highest BCUT2D eigenvalue weighted by Crippen LogP contribution is 2.21. The normalized spacial score (nSPS) is 12.4. The molecule has 0 aromatic carbocycles. The minimum atomic E-state index is -0.318. The molecule has 2 aromatic heterocycles. The van der Waals surface area contributed by atoms with Crippen LogP contribution in [0.25, 0.3) is 0 Å². The van der Waals surface area contributed by atoms with E-state index < -0.39 is 0 Å². The molecule has 0 bridgehead atoms. The number of nitrogens with zero attached hydrogens (tertiary/aromatic N) is 2. The van der Waals surface area contributed by atoms with Crippen molar-refractivity contribution < 1.29 is 4.79 Å². The van der Waals surface area contributed by atoms with Crippen molar-refractivity contribution in [1.29, 1.82) is 0 Å². The second-order valence-corrected chi connectivity index (χ2v) is 5.52. The van der Waals surface area contributed by atoms with Crippen LogP contribution in [0.1, 0.15) is 42.9 Å². The van der Waals surface area contributed by atoms with E-state index in [4.69, 9.17) is 0 Å². The van der Waals surface area contributed by atoms with E-state index in [0.29, 0.717) is 23.0 Å². The van der Waals surface area contributed by atoms with Crippen molar-refractivity contribution in [2.45, 2.75) is 33.7 Å². The van der Waals surface area contributed by atoms with Crippen molar-refractivity contribution >= 4 is 11.7 Å². The first-order valence-electron chi connectivity index (χ1n) is 6.94. The molecule has 0 spiro atoms. The molecule has 2 aromatic rings. The van der Waals surface area contributed by atoms with Crippen LogP contribution < -0.4 is 10.9 Å². The first-order valence-corrected chi connectivity index (χ1v) is 6.94. The summed E-state index contributed by atoms with van der Waals surface area (Å²) in [4.78, 5) is 26.3. The van der Waals surface area contributed by atoms with Crippen molar-refractivity contribution in [2.24, 2.45) is 5.92 Å². The molecule has 112 valence electrons. The first kappa shape index (κ1) is 15.0. The maximum atomic E-state index is 12.3. The maximum Gasteiger partial charge on any atom is 0.257 e. The maximum absolute atomic E-state index is 12.3. The van der Waals surface area contributed by atoms with Crippen LogP contribution in [0.15, 0.2) is 29.2 Å². The van der Waals surface area contributed by atoms with E-state index in [1.54, 1.807) is 29.9 Å². The number of hydrogen-bond acceptors (Lipinski definition) is 3. The topological polar surface area (TPSA) is 79.8 Å². The lowest BCUT2D eigenvalue weighted by Crippen LogP contribution is -2.21. The van der Waals surface area contributed by atoms with Gasteiger partial charge in [0.05, 0.1) is 12.2 Å². The van der Waals surface area contributed by atoms with E-state index in [9.17, 15) is 9.59 Å². The highest BCUT2D eigenvalue weighted by atomic mass is 16.2. The van der Waals surface area contributed by atoms with Gasteiger partial charge in [-0.25, -0.2) is 4.68 Å². The average molecular weight is 288 g/mol. The summed E-state index contributed by atoms with van der Waals surface area (Å²) in [6, 6.07) is 4.84. The van der Waals surface area contributed by atoms with Gasteiger partial charge in [-0.05, 0) is 25.8 Å². The lowest BCUT2D eigenvalue weighted by molar-refractivity contribution is 0.102. The molecule has 0 aliphatic rings. The first-order chi connectivity index (χ1) is 9.88. The number of hydrogen-bond donors (Lipinski definition) is 2. The Hall–Kier alpha value is -2.37. The van der Waals surface area contributed by atoms with Crippen molar-refractivity contribution in [3.8, 4) is 0 Å². The third-order valence-corrected chi connectivity index (χ3v) is 3.50. The zero-order valence-corrected chi connectivity index (χ0v) is 12.7. The van der Waals surface area contributed by atoms with Crippen LogP contribution in [0, 0.1) is 12.8 Å². The van der Waals surface area contributed by atoms with Crippen LogP contribution in [0.5, 0.6) is 0 Å². The third-order valence-electron chi connectivity index (χ3n) is 3.50. The van der Waals surface area contributed by atoms with Gasteiger partial charge in [-0.2, -0.15) is 5.10 Å². The van der Waals surface area contributed by atoms with Gasteiger partial charge in [0, 0.05) is 23.4 Å². The molecule has 0 aliphatic carbocycles. The van der Waals surface area contributed by atoms with E-state index in [0.717, 1.165) is 0 Å². The molecular formula is C15H20N4O2. The van der Waals surface area contributed by atoms with Gasteiger partial charge in [-0.1, -0.05) is 13.8 Å². The van der Waals surface area contributed by atoms with Crippen molar-refractivity contribution in [3.05, 3.63) is 46.0 Å². The molecule has 2 N–H and O–H groups in total. The Balaban J connectivity index is 2.24. The molecule has 1 unspecified atom stereocenters. The number of anilines is 1. The summed E-state index contributed by atoms with van der Waals surface area (Å²) in [6.45, 7) is 7.98. The average Bonchev–Trinajstić information content (AvgIpc) is 2.84. The number of rotatable bonds is 4. The standard InChI is InChI=1S/C15H20N4O2/c1-9(2)11(4)19-13(5-6-16-19)18-15(21)12-7-10(3)17-14(20)8-12/h5-9,11H,1-4H3,(H,17,20)(H,18,21). The Morgan fingerprint density at radius 2 is 2.05 bits per heavy atom. The molecule has 0 saturated heterocycles. The molecular weight excluding hydrogens is 268 g/mol. The number of pyridine rings is 1. The number of aryl methyl sites for hydroxylation is 1. The Morgan fingerprint density at radius 1 is 1.33 bits per heavy atom. The number of carbonyl (C=O) groups excluding carboxylic acids is 1. The van der Waals surface area contributed by atoms with Gasteiger partial charge in [0.1, 0.15) is 5.82 Å². The molecule has 0 saturated carbocycles. The summed E-state index contributed by atoms with van der Waals surface area (Å²) in [5, 5.41) is 7.06. The predicted octanol–water partition coefficient (Wildman–Crippen LogP) is 2.35. The van der Waals surface area contributed by atoms with Gasteiger partial charge < -0.3 is 10.3 Å². The highest BCUT2D eigenvalue weighted by Gasteiger charge is 2.16. The Bertz CT molecular complexity index is 700. The Labute approximate surface area is 123 Å². The summed E-state index contributed by atoms with van der Waals surface area (Å²) in [7, 11) is 0. The largest absolute Gasteiger partial charge is 0.326 e. The summed E-state index contributed by atoms with van der Waals surface area (Å²) in [5.41, 5.74) is 0.696. The summed E-state index contributed by atoms with van der Waals surface area (Å²) in [5.74, 6) is 0.698. The fourth-order valence-electron chi connectivity index (χ4n) is 2.02. The monoisotopic (exact) mass is 288 g/mol. The number of aromatic amines is 1. The highest BCUT2D eigenvalue weighted by molar-refractivity contribution is 6.03. The van der Waals surface area contributed by atoms with Crippen molar-refractivity contribution in [1.82, 2.24) is 14.8 Å². The molecule has 21 heavy (non-hydrogen) atoms. The number of H-pyrrole nitrogens is 1. The van der Waals surface area contributed by atoms with E-state index in [1.807, 2.05) is 6.92 Å². The summed E-state index contributed by atoms with van der Waals surface area (Å²) in [6.07, 6.45) is 1.65. The SMILES string of the molecule is Cc1cc(C(=O)Nc2ccnn2C(C)C(C)C)cc(=O)[nH]1. The van der Waals surface area contributed by atoms with Crippen LogP contribution in [-0.2, 0) is 0 Å². The summed E-state index contributed by atoms with van der Waals surface area (Å²) >= 11 is 0. The van der Waals surface area contributed by atoms with Gasteiger partial charge >= 0.3 is 0 Å². The quantitative estimate of drug-likeness (QED) is 0.906. The van der Waals surface area contributed by atoms with Crippen LogP contribution in [0.2, 0.25) is 0 Å². The molecule has 2 rings (SSSR count). The summed E-state index contributed by atoms with van der Waals surface area (Å²) < 4.78 is 1.78. The second-order valence-electron chi connectivity index (χ2n) is 5.52. The van der Waals surface area contributed by atoms with E-state index in [2.05, 4.69) is 29.2 Å². The molecule has 2 heterocycles. The van der Waals surface area contributed by atoms with Crippen molar-refractivity contribution in [3.63, 3.8) is 0 Å². The van der Waals surface area contributed by atoms with Gasteiger partial charge in [0.25, 0.3) is 5.91 Å². The van der Waals surface area contributed by atoms with Crippen LogP contribution >= 0.6 is 0 Å². The van der Waals surface area contributed by atoms with Crippen LogP contribution in [0.3, 0.4) is 0 Å². The van der Waals surface area contributed by atoms with E-state index in [1.165, 1.54) is 6.07 Å². The van der Waals surface area contributed by atoms with Gasteiger partial charge in [0.2, 0.25) is 5.56 Å². The Morgan fingerprint density at radius 3 is 2.67 bits per heavy atom. The smallest absolute Gasteiger partial charge is 0.257 e. The molecule has 0 aliphatic heterocycles. The fourth-order valence-corrected chi connectivity index (χ4v) is 2.02. The van der Waals surface area contributed by atoms with Gasteiger partial charge in [-0.3, -0.25) is 9.59 Å². The lowest BCUT2D eigenvalue weighted by atomic mass is 10.1. The predicted molar refractivity (Wildman–Crippen MR) is 81.5 cm³/mol. The minimum absolute atomic E-state index is 0.163. The number of nitrogens with one attached hydrogen (secondary N) is 2. The number of amides is 1. The molecule has 6 heteroatoms. The Kier molecular flexibility index (Phi) is 4.26. The zero-order valence-electron chi connectivity index (χ0n) is 12.7. The molecule has 6 nitrogen and oxygen atoms in total. The third kappa shape index (κ3) is 3.39. The minimum Gasteiger partial charge on any atom is -0.326 e. The fraction of sp³-hybridized carbons (Fsp3) is 0.400. The van der Waals surface area contributed by atoms with E-state index in [-0.39, 0.29) is 17.5 Å². The van der Waals surface area contributed by atoms with E-state index >= 15 is 0 Å². The van der Waals surface area contributed by atoms with Gasteiger partial charge in [0.15, 0.2) is 0 Å². The number of aromatic nitrogens is 3. The molecule has 1 atom stereocenters. The van der Waals surface area contributed by atoms with Crippen LogP contribution in [0.4, 0.5) is 5.82 Å². The molecule has 0 fully saturated rings. The van der Waals surface area contributed by atoms with Crippen molar-refractivity contribution in [2.75, 3.05) is 5.32 Å². The number of carbonyl (C=O) groups is 1. The van der Waals surface area contributed by atoms with Crippen LogP contribution in [-0.4, -0.2) is 20.7 Å². The molecule has 1 amide bonds. The second kappa shape index (κ2) is 5.95. The lowest BCUT2D eigenvalue weighted by Gasteiger charge is -2.19. The van der Waals surface area contributed by atoms with Gasteiger partial charge in [-0.15, -0.1) is 0 Å². The molecule has 0 radical (unpaired) electrons. The zero-order chi connectivity index (χ0) is 15.6.